The van der Waals surface area contributed by atoms with Gasteiger partial charge in [0.05, 0.1) is 20.3 Å². The molecule has 5 nitrogen and oxygen atoms in total. The number of halogens is 1. The van der Waals surface area contributed by atoms with Crippen LogP contribution in [0.25, 0.3) is 0 Å². The molecule has 0 bridgehead atoms. The van der Waals surface area contributed by atoms with Crippen LogP contribution >= 0.6 is 0 Å². The van der Waals surface area contributed by atoms with Gasteiger partial charge in [0.1, 0.15) is 11.6 Å². The summed E-state index contributed by atoms with van der Waals surface area (Å²) >= 11 is 0. The Kier molecular flexibility index (Phi) is 4.07. The van der Waals surface area contributed by atoms with Crippen molar-refractivity contribution >= 4 is 6.03 Å². The van der Waals surface area contributed by atoms with Crippen LogP contribution in [0.5, 0.6) is 5.75 Å². The van der Waals surface area contributed by atoms with Crippen molar-refractivity contribution in [1.29, 1.82) is 0 Å². The maximum absolute atomic E-state index is 13.8. The summed E-state index contributed by atoms with van der Waals surface area (Å²) in [6, 6.07) is -1.80. The minimum absolute atomic E-state index is 0.0134. The number of carbonyl (C=O) groups is 1. The van der Waals surface area contributed by atoms with Gasteiger partial charge in [0.25, 0.3) is 0 Å². The lowest BCUT2D eigenvalue weighted by Crippen LogP contribution is -2.49. The molecule has 6 heteroatoms. The highest BCUT2D eigenvalue weighted by molar-refractivity contribution is 5.74. The summed E-state index contributed by atoms with van der Waals surface area (Å²) in [6.45, 7) is -7.74. The molecule has 0 atom stereocenters. The van der Waals surface area contributed by atoms with Crippen LogP contribution in [0.2, 0.25) is 0 Å². The Balaban J connectivity index is 2.04. The smallest absolute Gasteiger partial charge is 0.318 e. The molecular formula is C25H34FN3O2. The van der Waals surface area contributed by atoms with Crippen LogP contribution in [-0.2, 0) is 13.0 Å². The van der Waals surface area contributed by atoms with E-state index in [9.17, 15) is 9.18 Å². The van der Waals surface area contributed by atoms with Crippen LogP contribution in [0, 0.1) is 11.7 Å². The molecule has 31 heavy (non-hydrogen) atoms. The summed E-state index contributed by atoms with van der Waals surface area (Å²) in [5.74, 6) is -2.16. The maximum atomic E-state index is 13.8. The van der Waals surface area contributed by atoms with Crippen LogP contribution in [0.4, 0.5) is 9.18 Å². The first-order valence-electron chi connectivity index (χ1n) is 16.4. The summed E-state index contributed by atoms with van der Waals surface area (Å²) < 4.78 is 126. The Morgan fingerprint density at radius 1 is 1.26 bits per heavy atom. The number of ether oxygens (including phenoxy) is 1. The highest BCUT2D eigenvalue weighted by atomic mass is 19.1. The summed E-state index contributed by atoms with van der Waals surface area (Å²) in [7, 11) is 0. The Morgan fingerprint density at radius 3 is 2.55 bits per heavy atom. The zero-order valence-electron chi connectivity index (χ0n) is 30.4. The average molecular weight is 441 g/mol. The summed E-state index contributed by atoms with van der Waals surface area (Å²) in [5.41, 5.74) is -1.06. The van der Waals surface area contributed by atoms with E-state index in [-0.39, 0.29) is 31.5 Å². The molecule has 0 aliphatic carbocycles. The molecule has 1 saturated heterocycles. The maximum Gasteiger partial charge on any atom is 0.318 e. The van der Waals surface area contributed by atoms with Crippen molar-refractivity contribution in [2.45, 2.75) is 45.7 Å². The van der Waals surface area contributed by atoms with E-state index in [1.807, 2.05) is 5.32 Å². The fraction of sp³-hybridized carbons (Fsp3) is 0.480. The topological polar surface area (TPSA) is 44.8 Å². The number of nitrogens with zero attached hydrogens (tertiary/aromatic N) is 2. The van der Waals surface area contributed by atoms with E-state index in [0.29, 0.717) is 4.90 Å². The Hall–Kier alpha value is -2.60. The van der Waals surface area contributed by atoms with Crippen molar-refractivity contribution in [1.82, 2.24) is 15.1 Å². The molecule has 1 aliphatic heterocycles. The zero-order valence-corrected chi connectivity index (χ0v) is 17.4. The van der Waals surface area contributed by atoms with Gasteiger partial charge in [-0.3, -0.25) is 0 Å². The fourth-order valence-electron chi connectivity index (χ4n) is 2.86. The Morgan fingerprint density at radius 2 is 1.94 bits per heavy atom. The molecule has 0 saturated carbocycles. The van der Waals surface area contributed by atoms with Crippen LogP contribution in [0.3, 0.4) is 0 Å². The number of nitrogens with one attached hydrogen (secondary N) is 1. The van der Waals surface area contributed by atoms with Crippen molar-refractivity contribution in [3.8, 4) is 5.75 Å². The number of likely N-dealkylation sites (tertiary alicyclic amines) is 1. The van der Waals surface area contributed by atoms with Gasteiger partial charge in [0.15, 0.2) is 0 Å². The number of benzene rings is 2. The Bertz CT molecular complexity index is 1330. The summed E-state index contributed by atoms with van der Waals surface area (Å²) in [5, 5.41) is 1.98. The molecule has 1 aliphatic rings. The monoisotopic (exact) mass is 440 g/mol. The van der Waals surface area contributed by atoms with Crippen molar-refractivity contribution in [2.75, 3.05) is 26.6 Å². The van der Waals surface area contributed by atoms with Gasteiger partial charge in [-0.05, 0) is 74.2 Å². The molecule has 0 unspecified atom stereocenters. The lowest BCUT2D eigenvalue weighted by Gasteiger charge is -2.37. The largest absolute Gasteiger partial charge is 0.493 e. The van der Waals surface area contributed by atoms with Gasteiger partial charge in [0.2, 0.25) is 0 Å². The van der Waals surface area contributed by atoms with E-state index < -0.39 is 85.8 Å². The minimum Gasteiger partial charge on any atom is -0.493 e. The highest BCUT2D eigenvalue weighted by Crippen LogP contribution is 2.19. The summed E-state index contributed by atoms with van der Waals surface area (Å²) in [4.78, 5) is 15.6. The van der Waals surface area contributed by atoms with E-state index in [1.54, 1.807) is 0 Å². The molecule has 2 aromatic carbocycles. The predicted molar refractivity (Wildman–Crippen MR) is 121 cm³/mol. The van der Waals surface area contributed by atoms with Gasteiger partial charge < -0.3 is 19.9 Å². The number of amides is 2. The van der Waals surface area contributed by atoms with E-state index >= 15 is 0 Å². The van der Waals surface area contributed by atoms with Crippen LogP contribution in [0.1, 0.15) is 55.6 Å². The minimum atomic E-state index is -3.12. The van der Waals surface area contributed by atoms with Crippen LogP contribution in [-0.4, -0.2) is 48.5 Å². The molecule has 1 fully saturated rings. The van der Waals surface area contributed by atoms with E-state index in [4.69, 9.17) is 22.6 Å². The van der Waals surface area contributed by atoms with Gasteiger partial charge >= 0.3 is 6.03 Å². The average Bonchev–Trinajstić information content (AvgIpc) is 2.89. The normalized spacial score (nSPS) is 23.0. The SMILES string of the molecule is [2H]c1c([2H])c(C([2H])([2H])NC(=O)N(C2CCN(C([2H])([2H])[2H])CC2)C([2H])([2H])c2ccc(F)cc2)c([2H])c([2H])c1OC([2H])([2H])C(C)C. The summed E-state index contributed by atoms with van der Waals surface area (Å²) in [6.07, 6.45) is -0.0267. The van der Waals surface area contributed by atoms with E-state index in [2.05, 4.69) is 0 Å². The highest BCUT2D eigenvalue weighted by Gasteiger charge is 2.27. The van der Waals surface area contributed by atoms with E-state index in [1.165, 1.54) is 18.7 Å². The number of piperidine rings is 1. The van der Waals surface area contributed by atoms with Gasteiger partial charge in [-0.2, -0.15) is 0 Å². The second-order valence-corrected chi connectivity index (χ2v) is 7.34. The quantitative estimate of drug-likeness (QED) is 0.649. The van der Waals surface area contributed by atoms with Crippen LogP contribution in [0.15, 0.2) is 48.4 Å². The third kappa shape index (κ3) is 7.24. The molecule has 0 aromatic heterocycles. The molecule has 0 spiro atoms. The molecule has 2 aromatic rings. The second-order valence-electron chi connectivity index (χ2n) is 7.34. The number of carbonyl (C=O) groups excluding carboxylic acids is 1. The third-order valence-electron chi connectivity index (χ3n) is 4.44. The van der Waals surface area contributed by atoms with E-state index in [0.717, 1.165) is 24.3 Å². The molecule has 1 heterocycles. The first-order chi connectivity index (χ1) is 20.0. The third-order valence-corrected chi connectivity index (χ3v) is 4.44. The standard InChI is InChI=1S/C25H34FN3O2/c1-19(2)18-31-24-10-6-20(7-11-24)16-27-25(30)29(23-12-14-28(3)15-13-23)17-21-4-8-22(26)9-5-21/h4-11,19,23H,12-18H2,1-3H3,(H,27,30)/i3D3,6D,7D,10D,11D,16D2,17D2,18D2. The van der Waals surface area contributed by atoms with Crippen molar-refractivity contribution in [3.63, 3.8) is 0 Å². The number of hydrogen-bond donors (Lipinski definition) is 1. The van der Waals surface area contributed by atoms with Crippen molar-refractivity contribution in [3.05, 3.63) is 65.4 Å². The molecule has 168 valence electrons. The molecule has 0 radical (unpaired) electrons. The molecular weight excluding hydrogens is 393 g/mol. The van der Waals surface area contributed by atoms with Gasteiger partial charge in [-0.25, -0.2) is 9.18 Å². The zero-order chi connectivity index (χ0) is 33.6. The lowest BCUT2D eigenvalue weighted by atomic mass is 10.0. The number of urea groups is 1. The fourth-order valence-corrected chi connectivity index (χ4v) is 2.86. The Labute approximate surface area is 203 Å². The van der Waals surface area contributed by atoms with Gasteiger partial charge in [-0.15, -0.1) is 0 Å². The lowest BCUT2D eigenvalue weighted by molar-refractivity contribution is 0.127. The molecule has 3 rings (SSSR count). The second kappa shape index (κ2) is 11.1. The van der Waals surface area contributed by atoms with Gasteiger partial charge in [0, 0.05) is 23.1 Å². The molecule has 1 N–H and O–H groups in total. The van der Waals surface area contributed by atoms with Crippen molar-refractivity contribution < 1.29 is 31.7 Å². The molecule has 2 amide bonds. The van der Waals surface area contributed by atoms with Crippen LogP contribution < -0.4 is 10.1 Å². The number of hydrogen-bond acceptors (Lipinski definition) is 3. The van der Waals surface area contributed by atoms with Crippen molar-refractivity contribution in [2.24, 2.45) is 5.92 Å². The first kappa shape index (κ1) is 11.3. The van der Waals surface area contributed by atoms with Gasteiger partial charge in [-0.1, -0.05) is 38.1 Å². The number of rotatable bonds is 8. The first-order valence-corrected chi connectivity index (χ1v) is 9.94. The predicted octanol–water partition coefficient (Wildman–Crippen LogP) is 4.67.